The summed E-state index contributed by atoms with van der Waals surface area (Å²) in [7, 11) is 0. The highest BCUT2D eigenvalue weighted by Gasteiger charge is 2.16. The zero-order chi connectivity index (χ0) is 14.1. The SMILES string of the molecule is O=[N+]([O-])c1ccc(Cl)c(C2=Cc3cnccc3NC2)c1. The van der Waals surface area contributed by atoms with Crippen molar-refractivity contribution in [1.82, 2.24) is 4.98 Å². The number of aromatic nitrogens is 1. The largest absolute Gasteiger partial charge is 0.380 e. The fourth-order valence-corrected chi connectivity index (χ4v) is 2.40. The summed E-state index contributed by atoms with van der Waals surface area (Å²) in [6.45, 7) is 0.567. The molecule has 0 radical (unpaired) electrons. The first kappa shape index (κ1) is 12.6. The summed E-state index contributed by atoms with van der Waals surface area (Å²) in [6.07, 6.45) is 5.40. The van der Waals surface area contributed by atoms with Crippen molar-refractivity contribution in [3.8, 4) is 0 Å². The van der Waals surface area contributed by atoms with Crippen LogP contribution in [0.2, 0.25) is 5.02 Å². The molecular formula is C14H10ClN3O2. The van der Waals surface area contributed by atoms with Gasteiger partial charge < -0.3 is 5.32 Å². The maximum atomic E-state index is 10.9. The van der Waals surface area contributed by atoms with E-state index in [4.69, 9.17) is 11.6 Å². The number of nitrogens with zero attached hydrogens (tertiary/aromatic N) is 2. The van der Waals surface area contributed by atoms with Crippen molar-refractivity contribution in [3.05, 3.63) is 62.9 Å². The number of anilines is 1. The Morgan fingerprint density at radius 2 is 2.20 bits per heavy atom. The second-order valence-corrected chi connectivity index (χ2v) is 4.81. The molecule has 0 fully saturated rings. The standard InChI is InChI=1S/C14H10ClN3O2/c15-13-2-1-11(18(19)20)6-12(13)9-5-10-7-16-4-3-14(10)17-8-9/h1-7,17H,8H2. The van der Waals surface area contributed by atoms with Crippen LogP contribution in [0.1, 0.15) is 11.1 Å². The average molecular weight is 288 g/mol. The van der Waals surface area contributed by atoms with Crippen LogP contribution in [0.4, 0.5) is 11.4 Å². The van der Waals surface area contributed by atoms with Gasteiger partial charge >= 0.3 is 0 Å². The van der Waals surface area contributed by atoms with E-state index in [-0.39, 0.29) is 5.69 Å². The number of fused-ring (bicyclic) bond motifs is 1. The molecular weight excluding hydrogens is 278 g/mol. The number of nitro benzene ring substituents is 1. The van der Waals surface area contributed by atoms with Crippen LogP contribution in [0.3, 0.4) is 0 Å². The van der Waals surface area contributed by atoms with Crippen LogP contribution >= 0.6 is 11.6 Å². The lowest BCUT2D eigenvalue weighted by atomic mass is 9.99. The second kappa shape index (κ2) is 4.94. The summed E-state index contributed by atoms with van der Waals surface area (Å²) in [6, 6.07) is 6.33. The summed E-state index contributed by atoms with van der Waals surface area (Å²) in [5.74, 6) is 0. The van der Waals surface area contributed by atoms with Crippen molar-refractivity contribution in [1.29, 1.82) is 0 Å². The van der Waals surface area contributed by atoms with E-state index in [1.807, 2.05) is 12.1 Å². The second-order valence-electron chi connectivity index (χ2n) is 4.41. The summed E-state index contributed by atoms with van der Waals surface area (Å²) >= 11 is 6.15. The fourth-order valence-electron chi connectivity index (χ4n) is 2.16. The van der Waals surface area contributed by atoms with E-state index < -0.39 is 4.92 Å². The van der Waals surface area contributed by atoms with Crippen LogP contribution in [0.25, 0.3) is 11.6 Å². The molecule has 1 aromatic carbocycles. The molecule has 2 aromatic rings. The normalized spacial score (nSPS) is 13.2. The lowest BCUT2D eigenvalue weighted by Gasteiger charge is -2.19. The minimum Gasteiger partial charge on any atom is -0.380 e. The average Bonchev–Trinajstić information content (AvgIpc) is 2.47. The van der Waals surface area contributed by atoms with E-state index in [2.05, 4.69) is 10.3 Å². The number of halogens is 1. The minimum absolute atomic E-state index is 0.0299. The predicted molar refractivity (Wildman–Crippen MR) is 78.7 cm³/mol. The Balaban J connectivity index is 2.08. The number of nitro groups is 1. The van der Waals surface area contributed by atoms with Gasteiger partial charge in [-0.3, -0.25) is 15.1 Å². The third-order valence-electron chi connectivity index (χ3n) is 3.16. The van der Waals surface area contributed by atoms with Gasteiger partial charge in [0, 0.05) is 52.9 Å². The first-order valence-corrected chi connectivity index (χ1v) is 6.36. The Morgan fingerprint density at radius 3 is 3.00 bits per heavy atom. The first-order valence-electron chi connectivity index (χ1n) is 5.98. The third-order valence-corrected chi connectivity index (χ3v) is 3.49. The van der Waals surface area contributed by atoms with Crippen molar-refractivity contribution < 1.29 is 4.92 Å². The van der Waals surface area contributed by atoms with Crippen molar-refractivity contribution in [2.24, 2.45) is 0 Å². The minimum atomic E-state index is -0.424. The number of nitrogens with one attached hydrogen (secondary N) is 1. The molecule has 1 aliphatic heterocycles. The molecule has 0 saturated heterocycles. The molecule has 0 aliphatic carbocycles. The smallest absolute Gasteiger partial charge is 0.270 e. The quantitative estimate of drug-likeness (QED) is 0.677. The molecule has 1 aromatic heterocycles. The maximum Gasteiger partial charge on any atom is 0.270 e. The predicted octanol–water partition coefficient (Wildman–Crippen LogP) is 3.61. The number of non-ortho nitro benzene ring substituents is 1. The molecule has 1 aliphatic rings. The Morgan fingerprint density at radius 1 is 1.35 bits per heavy atom. The highest BCUT2D eigenvalue weighted by Crippen LogP contribution is 2.33. The van der Waals surface area contributed by atoms with E-state index in [9.17, 15) is 10.1 Å². The maximum absolute atomic E-state index is 10.9. The molecule has 0 unspecified atom stereocenters. The number of pyridine rings is 1. The van der Waals surface area contributed by atoms with Crippen molar-refractivity contribution in [2.45, 2.75) is 0 Å². The molecule has 20 heavy (non-hydrogen) atoms. The van der Waals surface area contributed by atoms with Crippen LogP contribution in [0, 0.1) is 10.1 Å². The Kier molecular flexibility index (Phi) is 3.12. The van der Waals surface area contributed by atoms with Crippen LogP contribution in [0.5, 0.6) is 0 Å². The molecule has 6 heteroatoms. The Bertz CT molecular complexity index is 728. The van der Waals surface area contributed by atoms with Crippen molar-refractivity contribution in [3.63, 3.8) is 0 Å². The number of hydrogen-bond acceptors (Lipinski definition) is 4. The van der Waals surface area contributed by atoms with Gasteiger partial charge in [0.15, 0.2) is 0 Å². The van der Waals surface area contributed by atoms with Gasteiger partial charge in [-0.25, -0.2) is 0 Å². The lowest BCUT2D eigenvalue weighted by molar-refractivity contribution is -0.384. The Hall–Kier alpha value is -2.40. The highest BCUT2D eigenvalue weighted by molar-refractivity contribution is 6.32. The zero-order valence-corrected chi connectivity index (χ0v) is 11.1. The lowest BCUT2D eigenvalue weighted by Crippen LogP contribution is -2.10. The van der Waals surface area contributed by atoms with Crippen LogP contribution < -0.4 is 5.32 Å². The van der Waals surface area contributed by atoms with Crippen molar-refractivity contribution >= 4 is 34.6 Å². The van der Waals surface area contributed by atoms with Gasteiger partial charge in [0.25, 0.3) is 5.69 Å². The topological polar surface area (TPSA) is 68.1 Å². The van der Waals surface area contributed by atoms with E-state index >= 15 is 0 Å². The van der Waals surface area contributed by atoms with E-state index in [0.29, 0.717) is 17.1 Å². The molecule has 3 rings (SSSR count). The summed E-state index contributed by atoms with van der Waals surface area (Å²) in [5.41, 5.74) is 3.53. The van der Waals surface area contributed by atoms with Crippen LogP contribution in [-0.2, 0) is 0 Å². The van der Waals surface area contributed by atoms with Gasteiger partial charge in [0.05, 0.1) is 4.92 Å². The summed E-state index contributed by atoms with van der Waals surface area (Å²) in [4.78, 5) is 14.5. The molecule has 0 saturated carbocycles. The van der Waals surface area contributed by atoms with Gasteiger partial charge in [-0.05, 0) is 23.8 Å². The number of benzene rings is 1. The molecule has 100 valence electrons. The summed E-state index contributed by atoms with van der Waals surface area (Å²) < 4.78 is 0. The van der Waals surface area contributed by atoms with E-state index in [0.717, 1.165) is 16.8 Å². The molecule has 0 bridgehead atoms. The highest BCUT2D eigenvalue weighted by atomic mass is 35.5. The third kappa shape index (κ3) is 2.23. The van der Waals surface area contributed by atoms with Gasteiger partial charge in [0.2, 0.25) is 0 Å². The first-order chi connectivity index (χ1) is 9.65. The molecule has 0 atom stereocenters. The van der Waals surface area contributed by atoms with E-state index in [1.54, 1.807) is 18.5 Å². The molecule has 0 spiro atoms. The van der Waals surface area contributed by atoms with Crippen LogP contribution in [-0.4, -0.2) is 16.5 Å². The van der Waals surface area contributed by atoms with Crippen molar-refractivity contribution in [2.75, 3.05) is 11.9 Å². The molecule has 2 heterocycles. The number of hydrogen-bond donors (Lipinski definition) is 1. The van der Waals surface area contributed by atoms with Gasteiger partial charge in [-0.2, -0.15) is 0 Å². The van der Waals surface area contributed by atoms with Gasteiger partial charge in [-0.1, -0.05) is 11.6 Å². The monoisotopic (exact) mass is 287 g/mol. The fraction of sp³-hybridized carbons (Fsp3) is 0.0714. The molecule has 0 amide bonds. The Labute approximate surface area is 120 Å². The van der Waals surface area contributed by atoms with Gasteiger partial charge in [-0.15, -0.1) is 0 Å². The summed E-state index contributed by atoms with van der Waals surface area (Å²) in [5, 5.41) is 14.6. The van der Waals surface area contributed by atoms with Crippen LogP contribution in [0.15, 0.2) is 36.7 Å². The van der Waals surface area contributed by atoms with E-state index in [1.165, 1.54) is 12.1 Å². The zero-order valence-electron chi connectivity index (χ0n) is 10.3. The molecule has 1 N–H and O–H groups in total. The molecule has 5 nitrogen and oxygen atoms in total. The number of rotatable bonds is 2. The van der Waals surface area contributed by atoms with Gasteiger partial charge in [0.1, 0.15) is 0 Å².